The Kier molecular flexibility index (Phi) is 4.60. The highest BCUT2D eigenvalue weighted by Crippen LogP contribution is 2.31. The number of nitro groups is 1. The van der Waals surface area contributed by atoms with E-state index in [0.29, 0.717) is 0 Å². The number of nitro benzene ring substituents is 1. The second-order valence-corrected chi connectivity index (χ2v) is 3.78. The number of aliphatic hydroxyl groups is 2. The first kappa shape index (κ1) is 14.4. The number of aromatic carboxylic acids is 1. The van der Waals surface area contributed by atoms with Crippen molar-refractivity contribution in [2.45, 2.75) is 12.2 Å². The van der Waals surface area contributed by atoms with Crippen molar-refractivity contribution in [3.05, 3.63) is 39.4 Å². The fourth-order valence-electron chi connectivity index (χ4n) is 1.49. The van der Waals surface area contributed by atoms with Crippen LogP contribution < -0.4 is 0 Å². The van der Waals surface area contributed by atoms with E-state index in [2.05, 4.69) is 0 Å². The summed E-state index contributed by atoms with van der Waals surface area (Å²) in [7, 11) is 0. The summed E-state index contributed by atoms with van der Waals surface area (Å²) in [4.78, 5) is 20.9. The van der Waals surface area contributed by atoms with Gasteiger partial charge in [-0.05, 0) is 6.07 Å². The number of aliphatic hydroxyl groups excluding tert-OH is 2. The van der Waals surface area contributed by atoms with Crippen LogP contribution in [0.25, 0.3) is 0 Å². The van der Waals surface area contributed by atoms with E-state index in [9.17, 15) is 25.1 Å². The molecule has 0 bridgehead atoms. The molecule has 0 saturated heterocycles. The zero-order valence-corrected chi connectivity index (χ0v) is 9.74. The first-order valence-electron chi connectivity index (χ1n) is 4.82. The zero-order chi connectivity index (χ0) is 13.9. The Morgan fingerprint density at radius 3 is 2.50 bits per heavy atom. The van der Waals surface area contributed by atoms with Crippen molar-refractivity contribution < 1.29 is 25.0 Å². The third-order valence-electron chi connectivity index (χ3n) is 2.33. The van der Waals surface area contributed by atoms with E-state index in [4.69, 9.17) is 16.7 Å². The molecule has 0 aliphatic rings. The van der Waals surface area contributed by atoms with E-state index in [-0.39, 0.29) is 5.88 Å². The standard InChI is InChI=1S/C10H10ClNO6/c11-4-7(13)9(14)8-5(10(15)16)2-1-3-6(8)12(17)18/h1-3,7,9,13-14H,4H2,(H,15,16). The average molecular weight is 276 g/mol. The van der Waals surface area contributed by atoms with Crippen LogP contribution >= 0.6 is 11.6 Å². The molecule has 98 valence electrons. The van der Waals surface area contributed by atoms with Crippen LogP contribution in [0.5, 0.6) is 0 Å². The lowest BCUT2D eigenvalue weighted by Gasteiger charge is -2.17. The van der Waals surface area contributed by atoms with Crippen molar-refractivity contribution >= 4 is 23.3 Å². The van der Waals surface area contributed by atoms with Crippen molar-refractivity contribution in [3.63, 3.8) is 0 Å². The summed E-state index contributed by atoms with van der Waals surface area (Å²) < 4.78 is 0. The van der Waals surface area contributed by atoms with Crippen LogP contribution in [0.15, 0.2) is 18.2 Å². The zero-order valence-electron chi connectivity index (χ0n) is 8.99. The lowest BCUT2D eigenvalue weighted by molar-refractivity contribution is -0.386. The second-order valence-electron chi connectivity index (χ2n) is 3.47. The molecule has 0 aliphatic heterocycles. The first-order chi connectivity index (χ1) is 8.40. The summed E-state index contributed by atoms with van der Waals surface area (Å²) >= 11 is 5.33. The average Bonchev–Trinajstić information content (AvgIpc) is 2.35. The van der Waals surface area contributed by atoms with E-state index >= 15 is 0 Å². The number of hydrogen-bond donors (Lipinski definition) is 3. The lowest BCUT2D eigenvalue weighted by Crippen LogP contribution is -2.23. The predicted molar refractivity (Wildman–Crippen MR) is 61.7 cm³/mol. The fourth-order valence-corrected chi connectivity index (χ4v) is 1.66. The SMILES string of the molecule is O=C(O)c1cccc([N+](=O)[O-])c1C(O)C(O)CCl. The minimum absolute atomic E-state index is 0.383. The topological polar surface area (TPSA) is 121 Å². The number of hydrogen-bond acceptors (Lipinski definition) is 5. The van der Waals surface area contributed by atoms with Gasteiger partial charge < -0.3 is 15.3 Å². The van der Waals surface area contributed by atoms with Crippen LogP contribution in [0.3, 0.4) is 0 Å². The van der Waals surface area contributed by atoms with Gasteiger partial charge in [0, 0.05) is 6.07 Å². The molecular weight excluding hydrogens is 266 g/mol. The number of nitrogens with zero attached hydrogens (tertiary/aromatic N) is 1. The molecule has 2 atom stereocenters. The van der Waals surface area contributed by atoms with Crippen LogP contribution in [0.1, 0.15) is 22.0 Å². The summed E-state index contributed by atoms with van der Waals surface area (Å²) in [5.41, 5.74) is -1.48. The van der Waals surface area contributed by atoms with Gasteiger partial charge in [-0.15, -0.1) is 11.6 Å². The van der Waals surface area contributed by atoms with E-state index in [1.54, 1.807) is 0 Å². The molecule has 0 radical (unpaired) electrons. The Balaban J connectivity index is 3.44. The molecule has 0 spiro atoms. The molecule has 1 aromatic rings. The van der Waals surface area contributed by atoms with Gasteiger partial charge in [0.25, 0.3) is 5.69 Å². The number of alkyl halides is 1. The highest BCUT2D eigenvalue weighted by Gasteiger charge is 2.30. The third kappa shape index (κ3) is 2.76. The summed E-state index contributed by atoms with van der Waals surface area (Å²) in [5.74, 6) is -1.82. The van der Waals surface area contributed by atoms with Gasteiger partial charge in [0.15, 0.2) is 0 Å². The van der Waals surface area contributed by atoms with Crippen LogP contribution in [-0.2, 0) is 0 Å². The second kappa shape index (κ2) is 5.76. The van der Waals surface area contributed by atoms with Crippen molar-refractivity contribution in [2.75, 3.05) is 5.88 Å². The molecule has 0 saturated carbocycles. The van der Waals surface area contributed by atoms with Crippen LogP contribution in [-0.4, -0.2) is 38.2 Å². The van der Waals surface area contributed by atoms with Crippen molar-refractivity contribution in [1.29, 1.82) is 0 Å². The maximum Gasteiger partial charge on any atom is 0.336 e. The van der Waals surface area contributed by atoms with E-state index in [1.165, 1.54) is 6.07 Å². The van der Waals surface area contributed by atoms with Crippen molar-refractivity contribution in [3.8, 4) is 0 Å². The molecule has 1 rings (SSSR count). The summed E-state index contributed by atoms with van der Waals surface area (Å²) in [6, 6.07) is 3.34. The summed E-state index contributed by atoms with van der Waals surface area (Å²) in [5, 5.41) is 38.9. The quantitative estimate of drug-likeness (QED) is 0.417. The Labute approximate surface area is 106 Å². The molecule has 18 heavy (non-hydrogen) atoms. The summed E-state index contributed by atoms with van der Waals surface area (Å²) in [6.07, 6.45) is -3.24. The highest BCUT2D eigenvalue weighted by atomic mass is 35.5. The number of halogens is 1. The fraction of sp³-hybridized carbons (Fsp3) is 0.300. The maximum absolute atomic E-state index is 11.0. The van der Waals surface area contributed by atoms with Gasteiger partial charge in [0.1, 0.15) is 6.10 Å². The largest absolute Gasteiger partial charge is 0.478 e. The first-order valence-corrected chi connectivity index (χ1v) is 5.36. The number of rotatable bonds is 5. The minimum atomic E-state index is -1.74. The number of benzene rings is 1. The highest BCUT2D eigenvalue weighted by molar-refractivity contribution is 6.18. The van der Waals surface area contributed by atoms with Gasteiger partial charge in [-0.2, -0.15) is 0 Å². The molecule has 0 amide bonds. The van der Waals surface area contributed by atoms with Gasteiger partial charge in [0.2, 0.25) is 0 Å². The Morgan fingerprint density at radius 1 is 1.44 bits per heavy atom. The van der Waals surface area contributed by atoms with E-state index in [1.807, 2.05) is 0 Å². The normalized spacial score (nSPS) is 13.9. The monoisotopic (exact) mass is 275 g/mol. The molecule has 7 nitrogen and oxygen atoms in total. The molecule has 0 aromatic heterocycles. The van der Waals surface area contributed by atoms with Gasteiger partial charge in [-0.25, -0.2) is 4.79 Å². The molecule has 1 aromatic carbocycles. The van der Waals surface area contributed by atoms with E-state index in [0.717, 1.165) is 12.1 Å². The van der Waals surface area contributed by atoms with Crippen LogP contribution in [0, 0.1) is 10.1 Å². The molecule has 0 heterocycles. The lowest BCUT2D eigenvalue weighted by atomic mass is 9.97. The smallest absolute Gasteiger partial charge is 0.336 e. The van der Waals surface area contributed by atoms with Crippen LogP contribution in [0.2, 0.25) is 0 Å². The summed E-state index contributed by atoms with van der Waals surface area (Å²) in [6.45, 7) is 0. The van der Waals surface area contributed by atoms with Gasteiger partial charge >= 0.3 is 5.97 Å². The predicted octanol–water partition coefficient (Wildman–Crippen LogP) is 0.926. The van der Waals surface area contributed by atoms with Gasteiger partial charge in [0.05, 0.1) is 28.0 Å². The van der Waals surface area contributed by atoms with E-state index < -0.39 is 39.9 Å². The molecule has 3 N–H and O–H groups in total. The van der Waals surface area contributed by atoms with Crippen molar-refractivity contribution in [1.82, 2.24) is 0 Å². The molecule has 2 unspecified atom stereocenters. The van der Waals surface area contributed by atoms with Crippen LogP contribution in [0.4, 0.5) is 5.69 Å². The Bertz CT molecular complexity index is 445. The molecule has 0 fully saturated rings. The van der Waals surface area contributed by atoms with Gasteiger partial charge in [-0.1, -0.05) is 6.07 Å². The Morgan fingerprint density at radius 2 is 2.06 bits per heavy atom. The molecular formula is C10H10ClNO6. The van der Waals surface area contributed by atoms with Crippen molar-refractivity contribution in [2.24, 2.45) is 0 Å². The Hall–Kier alpha value is -1.70. The number of carboxylic acids is 1. The third-order valence-corrected chi connectivity index (χ3v) is 2.64. The molecule has 0 aliphatic carbocycles. The number of carbonyl (C=O) groups is 1. The minimum Gasteiger partial charge on any atom is -0.478 e. The number of carboxylic acid groups (broad SMARTS) is 1. The molecule has 8 heteroatoms. The maximum atomic E-state index is 11.0. The van der Waals surface area contributed by atoms with Gasteiger partial charge in [-0.3, -0.25) is 10.1 Å².